The van der Waals surface area contributed by atoms with Gasteiger partial charge in [0.25, 0.3) is 0 Å². The standard InChI is InChI=1S/C21H26N6S.C2H6/c1-2-12-28-20-13-19(27-10-6-3-7-11-27)24-21(25-20)26-23-15-16-14-22-18-9-5-4-8-17(16)18;1-2/h4-5,8-9,13-15,22H,2-3,6-7,10-12H2,1H3,(H,24,25,26);1-2H3/b23-15+;. The Hall–Kier alpha value is -2.54. The molecule has 0 aliphatic carbocycles. The second kappa shape index (κ2) is 11.6. The Morgan fingerprint density at radius 1 is 1.17 bits per heavy atom. The number of fused-ring (bicyclic) bond motifs is 1. The number of anilines is 2. The van der Waals surface area contributed by atoms with Crippen molar-refractivity contribution in [1.82, 2.24) is 15.0 Å². The maximum Gasteiger partial charge on any atom is 0.246 e. The summed E-state index contributed by atoms with van der Waals surface area (Å²) in [7, 11) is 0. The average Bonchev–Trinajstić information content (AvgIpc) is 3.23. The lowest BCUT2D eigenvalue weighted by Gasteiger charge is -2.28. The zero-order valence-corrected chi connectivity index (χ0v) is 19.0. The Bertz CT molecular complexity index is 946. The summed E-state index contributed by atoms with van der Waals surface area (Å²) in [4.78, 5) is 15.0. The van der Waals surface area contributed by atoms with E-state index in [1.54, 1.807) is 11.8 Å². The fraction of sp³-hybridized carbons (Fsp3) is 0.435. The van der Waals surface area contributed by atoms with E-state index in [2.05, 4.69) is 50.5 Å². The molecular weight excluding hydrogens is 392 g/mol. The summed E-state index contributed by atoms with van der Waals surface area (Å²) in [5.41, 5.74) is 5.18. The van der Waals surface area contributed by atoms with Crippen LogP contribution in [0.25, 0.3) is 10.9 Å². The molecule has 1 aromatic carbocycles. The van der Waals surface area contributed by atoms with Gasteiger partial charge in [0.1, 0.15) is 10.8 Å². The number of hydrogen-bond donors (Lipinski definition) is 2. The van der Waals surface area contributed by atoms with Gasteiger partial charge in [0, 0.05) is 41.8 Å². The number of rotatable bonds is 7. The summed E-state index contributed by atoms with van der Waals surface area (Å²) >= 11 is 1.77. The van der Waals surface area contributed by atoms with Gasteiger partial charge in [0.15, 0.2) is 0 Å². The van der Waals surface area contributed by atoms with Crippen LogP contribution in [0.5, 0.6) is 0 Å². The van der Waals surface area contributed by atoms with Crippen LogP contribution in [-0.2, 0) is 0 Å². The van der Waals surface area contributed by atoms with Crippen LogP contribution in [0.3, 0.4) is 0 Å². The first kappa shape index (κ1) is 22.2. The molecule has 0 spiro atoms. The highest BCUT2D eigenvalue weighted by molar-refractivity contribution is 7.99. The molecule has 1 aliphatic rings. The van der Waals surface area contributed by atoms with Crippen LogP contribution >= 0.6 is 11.8 Å². The molecule has 0 radical (unpaired) electrons. The number of aromatic nitrogens is 3. The molecule has 1 fully saturated rings. The van der Waals surface area contributed by atoms with Gasteiger partial charge in [-0.2, -0.15) is 10.1 Å². The van der Waals surface area contributed by atoms with Gasteiger partial charge in [0.2, 0.25) is 5.95 Å². The molecule has 1 saturated heterocycles. The van der Waals surface area contributed by atoms with Crippen LogP contribution in [0.15, 0.2) is 46.7 Å². The molecule has 7 heteroatoms. The number of nitrogens with zero attached hydrogens (tertiary/aromatic N) is 4. The molecule has 0 amide bonds. The molecular formula is C23H32N6S. The van der Waals surface area contributed by atoms with E-state index < -0.39 is 0 Å². The normalized spacial score (nSPS) is 14.0. The third-order valence-corrected chi connectivity index (χ3v) is 5.93. The molecule has 4 rings (SSSR count). The highest BCUT2D eigenvalue weighted by Crippen LogP contribution is 2.25. The smallest absolute Gasteiger partial charge is 0.246 e. The topological polar surface area (TPSA) is 69.2 Å². The van der Waals surface area contributed by atoms with Crippen molar-refractivity contribution >= 4 is 40.6 Å². The Labute approximate surface area is 183 Å². The van der Waals surface area contributed by atoms with Crippen molar-refractivity contribution in [2.45, 2.75) is 51.5 Å². The summed E-state index contributed by atoms with van der Waals surface area (Å²) in [6.45, 7) is 8.31. The quantitative estimate of drug-likeness (QED) is 0.213. The van der Waals surface area contributed by atoms with E-state index in [-0.39, 0.29) is 0 Å². The van der Waals surface area contributed by atoms with E-state index in [1.807, 2.05) is 38.4 Å². The third-order valence-electron chi connectivity index (χ3n) is 4.81. The lowest BCUT2D eigenvalue weighted by molar-refractivity contribution is 0.572. The lowest BCUT2D eigenvalue weighted by Crippen LogP contribution is -2.30. The molecule has 3 aromatic rings. The van der Waals surface area contributed by atoms with Gasteiger partial charge in [0.05, 0.1) is 6.21 Å². The molecule has 0 saturated carbocycles. The van der Waals surface area contributed by atoms with Gasteiger partial charge in [-0.05, 0) is 37.5 Å². The van der Waals surface area contributed by atoms with Gasteiger partial charge < -0.3 is 9.88 Å². The largest absolute Gasteiger partial charge is 0.361 e. The average molecular weight is 425 g/mol. The molecule has 3 heterocycles. The molecule has 1 aliphatic heterocycles. The lowest BCUT2D eigenvalue weighted by atomic mass is 10.1. The number of aromatic amines is 1. The molecule has 0 bridgehead atoms. The number of hydrogen-bond acceptors (Lipinski definition) is 6. The van der Waals surface area contributed by atoms with Gasteiger partial charge >= 0.3 is 0 Å². The maximum absolute atomic E-state index is 4.72. The zero-order chi connectivity index (χ0) is 21.2. The van der Waals surface area contributed by atoms with Crippen molar-refractivity contribution in [3.63, 3.8) is 0 Å². The van der Waals surface area contributed by atoms with E-state index in [0.29, 0.717) is 5.95 Å². The number of H-pyrrole nitrogens is 1. The highest BCUT2D eigenvalue weighted by Gasteiger charge is 2.15. The van der Waals surface area contributed by atoms with Crippen LogP contribution < -0.4 is 10.3 Å². The minimum Gasteiger partial charge on any atom is -0.361 e. The first-order chi connectivity index (χ1) is 14.8. The monoisotopic (exact) mass is 424 g/mol. The van der Waals surface area contributed by atoms with E-state index >= 15 is 0 Å². The van der Waals surface area contributed by atoms with Gasteiger partial charge in [-0.1, -0.05) is 39.0 Å². The van der Waals surface area contributed by atoms with Crippen LogP contribution in [0.1, 0.15) is 52.0 Å². The van der Waals surface area contributed by atoms with Gasteiger partial charge in [-0.25, -0.2) is 10.4 Å². The summed E-state index contributed by atoms with van der Waals surface area (Å²) in [5, 5.41) is 6.54. The number of thioether (sulfide) groups is 1. The second-order valence-corrected chi connectivity index (χ2v) is 8.06. The molecule has 2 aromatic heterocycles. The first-order valence-electron chi connectivity index (χ1n) is 11.0. The van der Waals surface area contributed by atoms with Crippen LogP contribution in [0, 0.1) is 0 Å². The van der Waals surface area contributed by atoms with Crippen molar-refractivity contribution in [2.75, 3.05) is 29.2 Å². The van der Waals surface area contributed by atoms with E-state index in [0.717, 1.165) is 52.6 Å². The summed E-state index contributed by atoms with van der Waals surface area (Å²) in [6, 6.07) is 10.3. The Kier molecular flexibility index (Phi) is 8.56. The minimum atomic E-state index is 0.553. The van der Waals surface area contributed by atoms with Gasteiger partial charge in [-0.3, -0.25) is 0 Å². The molecule has 0 atom stereocenters. The zero-order valence-electron chi connectivity index (χ0n) is 18.2. The van der Waals surface area contributed by atoms with Crippen molar-refractivity contribution in [2.24, 2.45) is 5.10 Å². The predicted octanol–water partition coefficient (Wildman–Crippen LogP) is 5.92. The number of para-hydroxylation sites is 1. The van der Waals surface area contributed by atoms with Crippen molar-refractivity contribution in [3.8, 4) is 0 Å². The highest BCUT2D eigenvalue weighted by atomic mass is 32.2. The Morgan fingerprint density at radius 2 is 1.97 bits per heavy atom. The number of piperidine rings is 1. The van der Waals surface area contributed by atoms with Crippen molar-refractivity contribution < 1.29 is 0 Å². The molecule has 0 unspecified atom stereocenters. The third kappa shape index (κ3) is 5.75. The summed E-state index contributed by atoms with van der Waals surface area (Å²) in [6.07, 6.45) is 8.65. The van der Waals surface area contributed by atoms with Crippen LogP contribution in [-0.4, -0.2) is 40.0 Å². The summed E-state index contributed by atoms with van der Waals surface area (Å²) in [5.74, 6) is 2.60. The predicted molar refractivity (Wildman–Crippen MR) is 130 cm³/mol. The van der Waals surface area contributed by atoms with E-state index in [4.69, 9.17) is 4.98 Å². The SMILES string of the molecule is CC.CCCSc1cc(N2CCCCC2)nc(N/N=C/c2c[nH]c3ccccc23)n1. The van der Waals surface area contributed by atoms with Crippen molar-refractivity contribution in [1.29, 1.82) is 0 Å². The van der Waals surface area contributed by atoms with Crippen molar-refractivity contribution in [3.05, 3.63) is 42.1 Å². The molecule has 2 N–H and O–H groups in total. The Balaban J connectivity index is 0.00000124. The Morgan fingerprint density at radius 3 is 2.77 bits per heavy atom. The molecule has 160 valence electrons. The molecule has 6 nitrogen and oxygen atoms in total. The second-order valence-electron chi connectivity index (χ2n) is 6.94. The molecule has 30 heavy (non-hydrogen) atoms. The van der Waals surface area contributed by atoms with Gasteiger partial charge in [-0.15, -0.1) is 11.8 Å². The number of benzene rings is 1. The van der Waals surface area contributed by atoms with E-state index in [1.165, 1.54) is 19.3 Å². The minimum absolute atomic E-state index is 0.553. The summed E-state index contributed by atoms with van der Waals surface area (Å²) < 4.78 is 0. The maximum atomic E-state index is 4.72. The van der Waals surface area contributed by atoms with E-state index in [9.17, 15) is 0 Å². The van der Waals surface area contributed by atoms with Crippen LogP contribution in [0.2, 0.25) is 0 Å². The number of nitrogens with one attached hydrogen (secondary N) is 2. The van der Waals surface area contributed by atoms with Crippen LogP contribution in [0.4, 0.5) is 11.8 Å². The fourth-order valence-electron chi connectivity index (χ4n) is 3.39. The first-order valence-corrected chi connectivity index (χ1v) is 11.9. The number of hydrazone groups is 1. The fourth-order valence-corrected chi connectivity index (χ4v) is 4.14.